The monoisotopic (exact) mass is 331 g/mol. The highest BCUT2D eigenvalue weighted by molar-refractivity contribution is 5.53. The molecular weight excluding hydrogens is 318 g/mol. The van der Waals surface area contributed by atoms with Crippen molar-refractivity contribution < 1.29 is 22.3 Å². The van der Waals surface area contributed by atoms with Gasteiger partial charge in [-0.3, -0.25) is 0 Å². The van der Waals surface area contributed by atoms with Gasteiger partial charge in [0.1, 0.15) is 0 Å². The van der Waals surface area contributed by atoms with E-state index in [0.717, 1.165) is 0 Å². The fraction of sp³-hybridized carbons (Fsp3) is 0.308. The Morgan fingerprint density at radius 3 is 2.35 bits per heavy atom. The van der Waals surface area contributed by atoms with E-state index in [2.05, 4.69) is 30.3 Å². The maximum absolute atomic E-state index is 12.9. The first-order chi connectivity index (χ1) is 10.9. The van der Waals surface area contributed by atoms with Gasteiger partial charge in [0.05, 0.1) is 0 Å². The standard InChI is InChI=1S/C13H13F4N5O/c1-18-10-20-11(19-8-5-3-2-4-6-8)22-12(21-10)23-7-13(16,17)9(14)15/h2-6,9H,7H2,1H3,(H2,18,19,20,21,22). The SMILES string of the molecule is CNc1nc(Nc2ccccc2)nc(OCC(F)(F)C(F)F)n1. The van der Waals surface area contributed by atoms with Gasteiger partial charge in [0.15, 0.2) is 6.61 Å². The first kappa shape index (κ1) is 16.7. The smallest absolute Gasteiger partial charge is 0.340 e. The number of halogens is 4. The first-order valence-corrected chi connectivity index (χ1v) is 6.45. The van der Waals surface area contributed by atoms with E-state index in [1.807, 2.05) is 0 Å². The third-order valence-corrected chi connectivity index (χ3v) is 2.58. The Bertz CT molecular complexity index is 642. The van der Waals surface area contributed by atoms with E-state index in [9.17, 15) is 17.6 Å². The molecule has 0 spiro atoms. The summed E-state index contributed by atoms with van der Waals surface area (Å²) in [6.45, 7) is -1.54. The van der Waals surface area contributed by atoms with Crippen molar-refractivity contribution in [3.8, 4) is 6.01 Å². The van der Waals surface area contributed by atoms with Crippen molar-refractivity contribution in [3.63, 3.8) is 0 Å². The highest BCUT2D eigenvalue weighted by atomic mass is 19.3. The quantitative estimate of drug-likeness (QED) is 0.760. The number of hydrogen-bond donors (Lipinski definition) is 2. The number of aromatic nitrogens is 3. The average molecular weight is 331 g/mol. The van der Waals surface area contributed by atoms with Crippen molar-refractivity contribution in [1.29, 1.82) is 0 Å². The molecule has 2 aromatic rings. The highest BCUT2D eigenvalue weighted by Gasteiger charge is 2.42. The normalized spacial score (nSPS) is 11.4. The van der Waals surface area contributed by atoms with Gasteiger partial charge in [0.25, 0.3) is 0 Å². The van der Waals surface area contributed by atoms with Crippen molar-refractivity contribution in [3.05, 3.63) is 30.3 Å². The van der Waals surface area contributed by atoms with Crippen LogP contribution in [0.5, 0.6) is 6.01 Å². The van der Waals surface area contributed by atoms with E-state index in [4.69, 9.17) is 0 Å². The molecule has 1 aromatic heterocycles. The second kappa shape index (κ2) is 7.07. The summed E-state index contributed by atoms with van der Waals surface area (Å²) in [6, 6.07) is 8.30. The van der Waals surface area contributed by atoms with Crippen molar-refractivity contribution >= 4 is 17.6 Å². The number of nitrogens with zero attached hydrogens (tertiary/aromatic N) is 3. The van der Waals surface area contributed by atoms with Crippen LogP contribution >= 0.6 is 0 Å². The molecule has 2 N–H and O–H groups in total. The van der Waals surface area contributed by atoms with Crippen LogP contribution in [-0.2, 0) is 0 Å². The molecule has 0 aliphatic rings. The van der Waals surface area contributed by atoms with E-state index >= 15 is 0 Å². The number of para-hydroxylation sites is 1. The van der Waals surface area contributed by atoms with Crippen LogP contribution in [0.25, 0.3) is 0 Å². The maximum Gasteiger partial charge on any atom is 0.340 e. The largest absolute Gasteiger partial charge is 0.457 e. The Balaban J connectivity index is 2.15. The lowest BCUT2D eigenvalue weighted by Gasteiger charge is -2.15. The Hall–Kier alpha value is -2.65. The van der Waals surface area contributed by atoms with Crippen LogP contribution in [0.2, 0.25) is 0 Å². The fourth-order valence-corrected chi connectivity index (χ4v) is 1.46. The first-order valence-electron chi connectivity index (χ1n) is 6.45. The molecule has 0 saturated carbocycles. The molecular formula is C13H13F4N5O. The number of ether oxygens (including phenoxy) is 1. The van der Waals surface area contributed by atoms with E-state index in [0.29, 0.717) is 5.69 Å². The van der Waals surface area contributed by atoms with Crippen LogP contribution in [0, 0.1) is 0 Å². The molecule has 0 aliphatic heterocycles. The van der Waals surface area contributed by atoms with Crippen molar-refractivity contribution in [2.75, 3.05) is 24.3 Å². The van der Waals surface area contributed by atoms with Crippen LogP contribution in [-0.4, -0.2) is 41.0 Å². The van der Waals surface area contributed by atoms with Crippen molar-refractivity contribution in [2.45, 2.75) is 12.3 Å². The lowest BCUT2D eigenvalue weighted by molar-refractivity contribution is -0.149. The minimum absolute atomic E-state index is 0.0194. The van der Waals surface area contributed by atoms with Crippen LogP contribution < -0.4 is 15.4 Å². The summed E-state index contributed by atoms with van der Waals surface area (Å²) in [6.07, 6.45) is -3.84. The summed E-state index contributed by atoms with van der Waals surface area (Å²) in [5, 5.41) is 5.42. The Kier molecular flexibility index (Phi) is 5.14. The molecule has 1 heterocycles. The predicted molar refractivity (Wildman–Crippen MR) is 75.5 cm³/mol. The molecule has 0 bridgehead atoms. The molecule has 0 aliphatic carbocycles. The summed E-state index contributed by atoms with van der Waals surface area (Å²) >= 11 is 0. The molecule has 0 radical (unpaired) electrons. The van der Waals surface area contributed by atoms with Gasteiger partial charge in [-0.25, -0.2) is 8.78 Å². The van der Waals surface area contributed by atoms with Gasteiger partial charge in [-0.05, 0) is 12.1 Å². The molecule has 0 fully saturated rings. The summed E-state index contributed by atoms with van der Waals surface area (Å²) < 4.78 is 54.6. The number of hydrogen-bond acceptors (Lipinski definition) is 6. The predicted octanol–water partition coefficient (Wildman–Crippen LogP) is 2.94. The maximum atomic E-state index is 12.9. The zero-order valence-electron chi connectivity index (χ0n) is 11.9. The summed E-state index contributed by atoms with van der Waals surface area (Å²) in [5.41, 5.74) is 0.643. The molecule has 2 rings (SSSR count). The molecule has 6 nitrogen and oxygen atoms in total. The second-order valence-corrected chi connectivity index (χ2v) is 4.36. The highest BCUT2D eigenvalue weighted by Crippen LogP contribution is 2.24. The number of nitrogens with one attached hydrogen (secondary N) is 2. The van der Waals surface area contributed by atoms with Crippen molar-refractivity contribution in [1.82, 2.24) is 15.0 Å². The minimum Gasteiger partial charge on any atom is -0.457 e. The number of rotatable bonds is 7. The van der Waals surface area contributed by atoms with Gasteiger partial charge in [-0.15, -0.1) is 0 Å². The number of alkyl halides is 4. The van der Waals surface area contributed by atoms with Gasteiger partial charge < -0.3 is 15.4 Å². The van der Waals surface area contributed by atoms with E-state index in [-0.39, 0.29) is 11.9 Å². The fourth-order valence-electron chi connectivity index (χ4n) is 1.46. The van der Waals surface area contributed by atoms with E-state index in [1.165, 1.54) is 7.05 Å². The lowest BCUT2D eigenvalue weighted by Crippen LogP contribution is -2.34. The minimum atomic E-state index is -4.29. The Morgan fingerprint density at radius 2 is 1.74 bits per heavy atom. The molecule has 23 heavy (non-hydrogen) atoms. The van der Waals surface area contributed by atoms with Gasteiger partial charge in [-0.2, -0.15) is 23.7 Å². The molecule has 10 heteroatoms. The van der Waals surface area contributed by atoms with Gasteiger partial charge in [0, 0.05) is 12.7 Å². The molecule has 0 unspecified atom stereocenters. The van der Waals surface area contributed by atoms with Gasteiger partial charge in [-0.1, -0.05) is 18.2 Å². The van der Waals surface area contributed by atoms with Gasteiger partial charge >= 0.3 is 18.4 Å². The zero-order chi connectivity index (χ0) is 16.9. The van der Waals surface area contributed by atoms with Crippen LogP contribution in [0.3, 0.4) is 0 Å². The van der Waals surface area contributed by atoms with Gasteiger partial charge in [0.2, 0.25) is 11.9 Å². The number of benzene rings is 1. The molecule has 0 saturated heterocycles. The van der Waals surface area contributed by atoms with Crippen LogP contribution in [0.1, 0.15) is 0 Å². The third kappa shape index (κ3) is 4.66. The Labute approximate surface area is 128 Å². The zero-order valence-corrected chi connectivity index (χ0v) is 11.9. The molecule has 1 aromatic carbocycles. The third-order valence-electron chi connectivity index (χ3n) is 2.58. The summed E-state index contributed by atoms with van der Waals surface area (Å²) in [4.78, 5) is 11.4. The summed E-state index contributed by atoms with van der Waals surface area (Å²) in [7, 11) is 1.50. The molecule has 124 valence electrons. The van der Waals surface area contributed by atoms with E-state index < -0.39 is 25.0 Å². The number of anilines is 3. The van der Waals surface area contributed by atoms with Crippen molar-refractivity contribution in [2.24, 2.45) is 0 Å². The Morgan fingerprint density at radius 1 is 1.09 bits per heavy atom. The lowest BCUT2D eigenvalue weighted by atomic mass is 10.3. The van der Waals surface area contributed by atoms with Crippen LogP contribution in [0.15, 0.2) is 30.3 Å². The van der Waals surface area contributed by atoms with E-state index in [1.54, 1.807) is 30.3 Å². The molecule has 0 amide bonds. The second-order valence-electron chi connectivity index (χ2n) is 4.36. The average Bonchev–Trinajstić information content (AvgIpc) is 2.53. The topological polar surface area (TPSA) is 72.0 Å². The summed E-state index contributed by atoms with van der Waals surface area (Å²) in [5.74, 6) is -4.24. The van der Waals surface area contributed by atoms with Crippen LogP contribution in [0.4, 0.5) is 35.1 Å². The molecule has 0 atom stereocenters.